The summed E-state index contributed by atoms with van der Waals surface area (Å²) in [6, 6.07) is 16.3. The highest BCUT2D eigenvalue weighted by Gasteiger charge is 2.14. The topological polar surface area (TPSA) is 66.5 Å². The highest BCUT2D eigenvalue weighted by molar-refractivity contribution is 5.97. The fourth-order valence-corrected chi connectivity index (χ4v) is 2.14. The molecule has 3 aromatic rings. The summed E-state index contributed by atoms with van der Waals surface area (Å²) in [4.78, 5) is 17.4. The zero-order chi connectivity index (χ0) is 14.8. The predicted molar refractivity (Wildman–Crippen MR) is 79.5 cm³/mol. The van der Waals surface area contributed by atoms with Gasteiger partial charge >= 0.3 is 0 Å². The van der Waals surface area contributed by atoms with Crippen molar-refractivity contribution in [2.24, 2.45) is 5.73 Å². The van der Waals surface area contributed by atoms with Crippen molar-refractivity contribution < 1.29 is 14.4 Å². The van der Waals surface area contributed by atoms with E-state index in [2.05, 4.69) is 0 Å². The number of fused-ring (bicyclic) bond motifs is 1. The zero-order valence-corrected chi connectivity index (χ0v) is 11.4. The van der Waals surface area contributed by atoms with Gasteiger partial charge in [0.15, 0.2) is 5.75 Å². The Kier molecular flexibility index (Phi) is 3.23. The Hall–Kier alpha value is -2.95. The first-order chi connectivity index (χ1) is 10.2. The molecule has 1 aromatic heterocycles. The number of hydrogen-bond acceptors (Lipinski definition) is 3. The Labute approximate surface area is 121 Å². The first-order valence-corrected chi connectivity index (χ1v) is 6.42. The quantitative estimate of drug-likeness (QED) is 0.799. The minimum Gasteiger partial charge on any atom is -0.497 e. The van der Waals surface area contributed by atoms with E-state index in [1.165, 1.54) is 4.73 Å². The van der Waals surface area contributed by atoms with Crippen LogP contribution in [0.5, 0.6) is 11.5 Å². The van der Waals surface area contributed by atoms with Gasteiger partial charge in [0, 0.05) is 5.39 Å². The molecule has 0 saturated carbocycles. The summed E-state index contributed by atoms with van der Waals surface area (Å²) in [6.07, 6.45) is 0. The molecule has 3 rings (SSSR count). The number of nitrogens with two attached hydrogens (primary N) is 1. The lowest BCUT2D eigenvalue weighted by molar-refractivity contribution is 0.0967. The Morgan fingerprint density at radius 2 is 1.71 bits per heavy atom. The van der Waals surface area contributed by atoms with Crippen LogP contribution in [-0.2, 0) is 0 Å². The lowest BCUT2D eigenvalue weighted by Gasteiger charge is -2.10. The molecule has 1 heterocycles. The van der Waals surface area contributed by atoms with Crippen molar-refractivity contribution in [1.82, 2.24) is 4.73 Å². The maximum absolute atomic E-state index is 11.6. The predicted octanol–water partition coefficient (Wildman–Crippen LogP) is 2.59. The van der Waals surface area contributed by atoms with Crippen LogP contribution < -0.4 is 15.3 Å². The van der Waals surface area contributed by atoms with E-state index >= 15 is 0 Å². The summed E-state index contributed by atoms with van der Waals surface area (Å²) >= 11 is 0. The number of methoxy groups -OCH3 is 1. The van der Waals surface area contributed by atoms with Gasteiger partial charge in [0.2, 0.25) is 0 Å². The van der Waals surface area contributed by atoms with Crippen molar-refractivity contribution in [3.63, 3.8) is 0 Å². The first kappa shape index (κ1) is 13.1. The van der Waals surface area contributed by atoms with E-state index in [4.69, 9.17) is 15.3 Å². The number of benzene rings is 2. The van der Waals surface area contributed by atoms with E-state index in [1.54, 1.807) is 37.4 Å². The summed E-state index contributed by atoms with van der Waals surface area (Å²) in [5, 5.41) is 0.889. The second kappa shape index (κ2) is 5.20. The van der Waals surface area contributed by atoms with Crippen LogP contribution in [0.2, 0.25) is 0 Å². The SMILES string of the molecule is COc1ccc(On2c(C(N)=O)cc3ccccc32)cc1. The van der Waals surface area contributed by atoms with Crippen LogP contribution in [0.3, 0.4) is 0 Å². The fourth-order valence-electron chi connectivity index (χ4n) is 2.14. The lowest BCUT2D eigenvalue weighted by Crippen LogP contribution is -2.19. The molecule has 0 atom stereocenters. The molecule has 21 heavy (non-hydrogen) atoms. The van der Waals surface area contributed by atoms with Gasteiger partial charge in [-0.1, -0.05) is 18.2 Å². The summed E-state index contributed by atoms with van der Waals surface area (Å²) in [5.74, 6) is 0.772. The molecular formula is C16H14N2O3. The molecular weight excluding hydrogens is 268 g/mol. The molecule has 0 aliphatic carbocycles. The maximum atomic E-state index is 11.6. The molecule has 0 aliphatic rings. The van der Waals surface area contributed by atoms with Gasteiger partial charge in [0.05, 0.1) is 12.6 Å². The normalized spacial score (nSPS) is 10.5. The number of carbonyl (C=O) groups is 1. The van der Waals surface area contributed by atoms with Gasteiger partial charge in [-0.05, 0) is 36.4 Å². The van der Waals surface area contributed by atoms with E-state index in [0.717, 1.165) is 16.7 Å². The number of nitrogens with zero attached hydrogens (tertiary/aromatic N) is 1. The number of carbonyl (C=O) groups excluding carboxylic acids is 1. The van der Waals surface area contributed by atoms with E-state index in [9.17, 15) is 4.79 Å². The average Bonchev–Trinajstić information content (AvgIpc) is 2.87. The van der Waals surface area contributed by atoms with Crippen molar-refractivity contribution in [2.45, 2.75) is 0 Å². The Bertz CT molecular complexity index is 791. The van der Waals surface area contributed by atoms with Crippen molar-refractivity contribution in [3.05, 3.63) is 60.3 Å². The van der Waals surface area contributed by atoms with Gasteiger partial charge in [0.25, 0.3) is 5.91 Å². The monoisotopic (exact) mass is 282 g/mol. The zero-order valence-electron chi connectivity index (χ0n) is 11.4. The van der Waals surface area contributed by atoms with Crippen LogP contribution in [0.4, 0.5) is 0 Å². The third kappa shape index (κ3) is 2.41. The number of aromatic nitrogens is 1. The molecule has 0 saturated heterocycles. The third-order valence-electron chi connectivity index (χ3n) is 3.18. The van der Waals surface area contributed by atoms with Crippen LogP contribution >= 0.6 is 0 Å². The number of amides is 1. The van der Waals surface area contributed by atoms with Gasteiger partial charge in [-0.3, -0.25) is 4.79 Å². The summed E-state index contributed by atoms with van der Waals surface area (Å²) < 4.78 is 6.54. The summed E-state index contributed by atoms with van der Waals surface area (Å²) in [5.41, 5.74) is 6.50. The van der Waals surface area contributed by atoms with Crippen LogP contribution in [0.15, 0.2) is 54.6 Å². The van der Waals surface area contributed by atoms with Crippen LogP contribution in [0.25, 0.3) is 10.9 Å². The number of hydrogen-bond donors (Lipinski definition) is 1. The van der Waals surface area contributed by atoms with E-state index in [-0.39, 0.29) is 0 Å². The summed E-state index contributed by atoms with van der Waals surface area (Å²) in [7, 11) is 1.60. The first-order valence-electron chi connectivity index (χ1n) is 6.42. The van der Waals surface area contributed by atoms with Gasteiger partial charge in [-0.25, -0.2) is 0 Å². The largest absolute Gasteiger partial charge is 0.497 e. The van der Waals surface area contributed by atoms with Crippen molar-refractivity contribution in [2.75, 3.05) is 7.11 Å². The van der Waals surface area contributed by atoms with Crippen molar-refractivity contribution in [1.29, 1.82) is 0 Å². The number of ether oxygens (including phenoxy) is 1. The molecule has 106 valence electrons. The minimum absolute atomic E-state index is 0.298. The Morgan fingerprint density at radius 3 is 2.38 bits per heavy atom. The molecule has 5 heteroatoms. The molecule has 0 fully saturated rings. The van der Waals surface area contributed by atoms with Crippen molar-refractivity contribution >= 4 is 16.8 Å². The number of rotatable bonds is 4. The second-order valence-electron chi connectivity index (χ2n) is 4.51. The smallest absolute Gasteiger partial charge is 0.268 e. The second-order valence-corrected chi connectivity index (χ2v) is 4.51. The molecule has 2 aromatic carbocycles. The molecule has 0 radical (unpaired) electrons. The molecule has 0 unspecified atom stereocenters. The van der Waals surface area contributed by atoms with E-state index in [0.29, 0.717) is 11.4 Å². The van der Waals surface area contributed by atoms with Gasteiger partial charge in [-0.2, -0.15) is 4.73 Å². The molecule has 0 bridgehead atoms. The van der Waals surface area contributed by atoms with Gasteiger partial charge < -0.3 is 15.3 Å². The minimum atomic E-state index is -0.542. The average molecular weight is 282 g/mol. The van der Waals surface area contributed by atoms with Crippen LogP contribution in [-0.4, -0.2) is 17.7 Å². The van der Waals surface area contributed by atoms with Crippen LogP contribution in [0.1, 0.15) is 10.5 Å². The maximum Gasteiger partial charge on any atom is 0.268 e. The van der Waals surface area contributed by atoms with Crippen molar-refractivity contribution in [3.8, 4) is 11.5 Å². The highest BCUT2D eigenvalue weighted by Crippen LogP contribution is 2.23. The standard InChI is InChI=1S/C16H14N2O3/c1-20-12-6-8-13(9-7-12)21-18-14-5-3-2-4-11(14)10-15(18)16(17)19/h2-10H,1H3,(H2,17,19). The molecule has 2 N–H and O–H groups in total. The summed E-state index contributed by atoms with van der Waals surface area (Å²) in [6.45, 7) is 0. The fraction of sp³-hybridized carbons (Fsp3) is 0.0625. The molecule has 0 aliphatic heterocycles. The van der Waals surface area contributed by atoms with E-state index < -0.39 is 5.91 Å². The number of para-hydroxylation sites is 1. The third-order valence-corrected chi connectivity index (χ3v) is 3.18. The molecule has 0 spiro atoms. The van der Waals surface area contributed by atoms with E-state index in [1.807, 2.05) is 24.3 Å². The van der Waals surface area contributed by atoms with Gasteiger partial charge in [-0.15, -0.1) is 0 Å². The Morgan fingerprint density at radius 1 is 1.05 bits per heavy atom. The molecule has 1 amide bonds. The van der Waals surface area contributed by atoms with Gasteiger partial charge in [0.1, 0.15) is 11.4 Å². The number of primary amides is 1. The molecule has 5 nitrogen and oxygen atoms in total. The van der Waals surface area contributed by atoms with Crippen LogP contribution in [0, 0.1) is 0 Å². The lowest BCUT2D eigenvalue weighted by atomic mass is 10.2. The Balaban J connectivity index is 2.05. The highest BCUT2D eigenvalue weighted by atomic mass is 16.7.